The van der Waals surface area contributed by atoms with Crippen LogP contribution in [0.1, 0.15) is 12.7 Å². The Labute approximate surface area is 429 Å². The Kier molecular flexibility index (Phi) is 15.9. The number of nitrogens with one attached hydrogen (secondary N) is 2. The predicted octanol–water partition coefficient (Wildman–Crippen LogP) is 2.70. The molecule has 14 N–H and O–H groups in total. The zero-order chi connectivity index (χ0) is 55.9. The van der Waals surface area contributed by atoms with Crippen molar-refractivity contribution in [1.29, 1.82) is 0 Å². The quantitative estimate of drug-likeness (QED) is 0.0315. The number of azo groups is 2. The van der Waals surface area contributed by atoms with Crippen LogP contribution in [-0.2, 0) is 66.6 Å². The second-order valence-electron chi connectivity index (χ2n) is 14.5. The third kappa shape index (κ3) is 13.4. The highest BCUT2D eigenvalue weighted by atomic mass is 35.5. The van der Waals surface area contributed by atoms with Gasteiger partial charge < -0.3 is 37.8 Å². The summed E-state index contributed by atoms with van der Waals surface area (Å²) in [5.41, 5.74) is 10.4. The van der Waals surface area contributed by atoms with Crippen LogP contribution in [0.3, 0.4) is 0 Å². The molecule has 2 heterocycles. The second-order valence-corrected chi connectivity index (χ2v) is 22.1. The molecule has 75 heavy (non-hydrogen) atoms. The molecule has 2 aromatic heterocycles. The SMILES string of the molecule is CCN(CC(N)=O)c1nc(Cl)nc(Nc2cc(N=Nc3c(S(=O)(=O)O)cc4ccc(N=Nc5cc(Nc6nc(Cl)nc(CC(N)=O)n6)c(S(=O)(=O)O)cc5S(=O)(=O)O)c(O)c4c3N)c(S(=O)(=O)O)cc2S(=O)(=O)O)n1. The molecular formula is C34H30Cl2N16O18S5. The highest BCUT2D eigenvalue weighted by Crippen LogP contribution is 2.47. The van der Waals surface area contributed by atoms with Gasteiger partial charge >= 0.3 is 0 Å². The van der Waals surface area contributed by atoms with Crippen molar-refractivity contribution in [3.63, 3.8) is 0 Å². The summed E-state index contributed by atoms with van der Waals surface area (Å²) in [5, 5.41) is 28.8. The Morgan fingerprint density at radius 3 is 1.53 bits per heavy atom. The number of amides is 2. The Morgan fingerprint density at radius 1 is 0.600 bits per heavy atom. The largest absolute Gasteiger partial charge is 0.505 e. The monoisotopic (exact) mass is 1180 g/mol. The van der Waals surface area contributed by atoms with Crippen LogP contribution in [0.25, 0.3) is 10.8 Å². The van der Waals surface area contributed by atoms with Crippen molar-refractivity contribution in [2.45, 2.75) is 37.8 Å². The van der Waals surface area contributed by atoms with Crippen molar-refractivity contribution >= 4 is 154 Å². The van der Waals surface area contributed by atoms with E-state index in [0.29, 0.717) is 18.2 Å². The van der Waals surface area contributed by atoms with E-state index in [-0.39, 0.29) is 35.8 Å². The summed E-state index contributed by atoms with van der Waals surface area (Å²) >= 11 is 11.9. The van der Waals surface area contributed by atoms with Gasteiger partial charge in [0.1, 0.15) is 53.1 Å². The standard InChI is InChI=1S/C34H30Cl2N16O18S5/c1-2-52(11-24(38)54)34-46-31(36)45-33(47-34)41-15-7-17(21(74(65,66)67)9-19(15)72(59,60)61)50-51-28-22(75(68,69)70)5-12-3-4-13(29(55)26(12)27(28)39)48-49-16-6-14(18(71(56,57)58)8-20(16)73(62,63)64)40-32-43-25(10-23(37)53)42-30(35)44-32/h3-9,55H,2,10-11,39H2,1H3,(H2,37,53)(H2,38,54)(H,56,57,58)(H,59,60,61)(H,62,63,64)(H,65,66,67)(H,68,69,70)(H,40,42,43,44)(H,41,45,46,47). The Hall–Kier alpha value is -7.57. The molecule has 0 aliphatic carbocycles. The number of aromatic nitrogens is 6. The van der Waals surface area contributed by atoms with E-state index in [0.717, 1.165) is 12.1 Å². The van der Waals surface area contributed by atoms with Crippen molar-refractivity contribution in [2.24, 2.45) is 31.9 Å². The van der Waals surface area contributed by atoms with Gasteiger partial charge in [-0.05, 0) is 71.9 Å². The van der Waals surface area contributed by atoms with Gasteiger partial charge in [0.25, 0.3) is 50.6 Å². The Morgan fingerprint density at radius 2 is 1.07 bits per heavy atom. The van der Waals surface area contributed by atoms with E-state index in [1.807, 2.05) is 0 Å². The fraction of sp³-hybridized carbons (Fsp3) is 0.118. The zero-order valence-corrected chi connectivity index (χ0v) is 42.3. The van der Waals surface area contributed by atoms with E-state index in [2.05, 4.69) is 61.0 Å². The fourth-order valence-electron chi connectivity index (χ4n) is 6.31. The first-order valence-electron chi connectivity index (χ1n) is 19.4. The van der Waals surface area contributed by atoms with Gasteiger partial charge in [0.2, 0.25) is 40.2 Å². The van der Waals surface area contributed by atoms with Gasteiger partial charge in [0, 0.05) is 6.54 Å². The average molecular weight is 1180 g/mol. The van der Waals surface area contributed by atoms with Crippen LogP contribution in [0.4, 0.5) is 57.7 Å². The molecule has 2 amide bonds. The number of fused-ring (bicyclic) bond motifs is 1. The molecule has 0 bridgehead atoms. The zero-order valence-electron chi connectivity index (χ0n) is 36.7. The summed E-state index contributed by atoms with van der Waals surface area (Å²) < 4.78 is 176. The molecule has 0 aliphatic rings. The van der Waals surface area contributed by atoms with Gasteiger partial charge in [-0.2, -0.15) is 67.0 Å². The van der Waals surface area contributed by atoms with Crippen LogP contribution >= 0.6 is 23.2 Å². The topological polar surface area (TPSA) is 558 Å². The van der Waals surface area contributed by atoms with Crippen LogP contribution in [0.5, 0.6) is 5.75 Å². The minimum atomic E-state index is -5.58. The minimum Gasteiger partial charge on any atom is -0.505 e. The molecule has 0 unspecified atom stereocenters. The first kappa shape index (κ1) is 56.7. The number of rotatable bonds is 19. The van der Waals surface area contributed by atoms with E-state index in [1.165, 1.54) is 4.90 Å². The molecule has 0 saturated carbocycles. The normalized spacial score (nSPS) is 12.6. The molecule has 34 nitrogen and oxygen atoms in total. The number of likely N-dealkylation sites (N-methyl/N-ethyl adjacent to an activating group) is 1. The highest BCUT2D eigenvalue weighted by molar-refractivity contribution is 7.87. The number of benzene rings is 4. The molecule has 41 heteroatoms. The van der Waals surface area contributed by atoms with Crippen LogP contribution < -0.4 is 32.7 Å². The molecule has 6 aromatic rings. The smallest absolute Gasteiger partial charge is 0.296 e. The van der Waals surface area contributed by atoms with Crippen LogP contribution in [0, 0.1) is 0 Å². The van der Waals surface area contributed by atoms with E-state index < -0.39 is 173 Å². The molecule has 0 atom stereocenters. The molecule has 0 spiro atoms. The maximum atomic E-state index is 12.8. The van der Waals surface area contributed by atoms with Gasteiger partial charge in [-0.15, -0.1) is 20.5 Å². The lowest BCUT2D eigenvalue weighted by Gasteiger charge is -2.19. The van der Waals surface area contributed by atoms with Gasteiger partial charge in [-0.1, -0.05) is 6.07 Å². The number of hydrogen-bond donors (Lipinski definition) is 11. The molecule has 0 fully saturated rings. The van der Waals surface area contributed by atoms with E-state index in [1.54, 1.807) is 6.92 Å². The fourth-order valence-corrected chi connectivity index (χ4v) is 10.0. The van der Waals surface area contributed by atoms with Crippen LogP contribution in [0.2, 0.25) is 10.6 Å². The molecular weight excluding hydrogens is 1150 g/mol. The van der Waals surface area contributed by atoms with Crippen LogP contribution in [0.15, 0.2) is 87.4 Å². The minimum absolute atomic E-state index is 0.0530. The van der Waals surface area contributed by atoms with Crippen molar-refractivity contribution in [3.8, 4) is 5.75 Å². The van der Waals surface area contributed by atoms with Crippen molar-refractivity contribution in [1.82, 2.24) is 29.9 Å². The van der Waals surface area contributed by atoms with Gasteiger partial charge in [0.05, 0.1) is 35.4 Å². The number of primary amides is 2. The molecule has 6 rings (SSSR count). The molecule has 398 valence electrons. The average Bonchev–Trinajstić information content (AvgIpc) is 3.24. The lowest BCUT2D eigenvalue weighted by molar-refractivity contribution is -0.118. The number of hydrogen-bond acceptors (Lipinski definition) is 27. The Bertz CT molecular complexity index is 4060. The van der Waals surface area contributed by atoms with Crippen molar-refractivity contribution in [2.75, 3.05) is 34.4 Å². The molecule has 0 radical (unpaired) electrons. The third-order valence-electron chi connectivity index (χ3n) is 9.36. The summed E-state index contributed by atoms with van der Waals surface area (Å²) in [5.74, 6) is -4.71. The summed E-state index contributed by atoms with van der Waals surface area (Å²) in [6.45, 7) is 1.16. The first-order valence-corrected chi connectivity index (χ1v) is 27.3. The third-order valence-corrected chi connectivity index (χ3v) is 14.1. The maximum absolute atomic E-state index is 12.8. The van der Waals surface area contributed by atoms with E-state index in [9.17, 15) is 79.5 Å². The number of nitrogens with two attached hydrogens (primary N) is 3. The summed E-state index contributed by atoms with van der Waals surface area (Å²) in [6, 6.07) is 4.01. The maximum Gasteiger partial charge on any atom is 0.296 e. The summed E-state index contributed by atoms with van der Waals surface area (Å²) in [4.78, 5) is 40.7. The predicted molar refractivity (Wildman–Crippen MR) is 257 cm³/mol. The Balaban J connectivity index is 1.52. The number of nitrogens with zero attached hydrogens (tertiary/aromatic N) is 11. The van der Waals surface area contributed by atoms with Crippen molar-refractivity contribution < 1.29 is 79.5 Å². The number of phenolic OH excluding ortho intramolecular Hbond substituents is 1. The molecule has 0 saturated heterocycles. The number of aromatic hydroxyl groups is 1. The first-order chi connectivity index (χ1) is 34.5. The van der Waals surface area contributed by atoms with E-state index >= 15 is 0 Å². The summed E-state index contributed by atoms with van der Waals surface area (Å²) in [7, 11) is -27.4. The van der Waals surface area contributed by atoms with Gasteiger partial charge in [0.15, 0.2) is 5.75 Å². The number of nitrogen functional groups attached to an aromatic ring is 1. The lowest BCUT2D eigenvalue weighted by atomic mass is 10.1. The number of carbonyl (C=O) groups is 2. The van der Waals surface area contributed by atoms with Gasteiger partial charge in [-0.3, -0.25) is 32.4 Å². The second kappa shape index (κ2) is 21.0. The van der Waals surface area contributed by atoms with Gasteiger partial charge in [-0.25, -0.2) is 4.98 Å². The van der Waals surface area contributed by atoms with Crippen LogP contribution in [-0.4, -0.2) is 125 Å². The summed E-state index contributed by atoms with van der Waals surface area (Å²) in [6.07, 6.45) is -0.603. The lowest BCUT2D eigenvalue weighted by Crippen LogP contribution is -2.35. The number of anilines is 6. The number of phenols is 1. The number of carbonyl (C=O) groups excluding carboxylic acids is 2. The van der Waals surface area contributed by atoms with Crippen molar-refractivity contribution in [3.05, 3.63) is 58.9 Å². The molecule has 4 aromatic carbocycles. The van der Waals surface area contributed by atoms with E-state index in [4.69, 9.17) is 40.4 Å². The molecule has 0 aliphatic heterocycles. The highest BCUT2D eigenvalue weighted by Gasteiger charge is 2.29. The number of halogens is 2.